The molecular weight excluding hydrogens is 384 g/mol. The summed E-state index contributed by atoms with van der Waals surface area (Å²) < 4.78 is 4.89. The van der Waals surface area contributed by atoms with E-state index in [0.29, 0.717) is 32.5 Å². The van der Waals surface area contributed by atoms with E-state index in [1.54, 1.807) is 0 Å². The fraction of sp³-hybridized carbons (Fsp3) is 0.850. The van der Waals surface area contributed by atoms with E-state index in [1.165, 1.54) is 6.42 Å². The number of carbonyl (C=O) groups is 3. The Morgan fingerprint density at radius 2 is 1.21 bits per heavy atom. The summed E-state index contributed by atoms with van der Waals surface area (Å²) in [5, 5.41) is 32.4. The molecule has 4 N–H and O–H groups in total. The number of aliphatic carboxylic acids is 2. The zero-order valence-corrected chi connectivity index (χ0v) is 17.9. The van der Waals surface area contributed by atoms with Crippen LogP contribution in [0.1, 0.15) is 90.9 Å². The van der Waals surface area contributed by atoms with Crippen LogP contribution in [0, 0.1) is 0 Å². The maximum atomic E-state index is 11.0. The molecule has 9 nitrogen and oxygen atoms in total. The van der Waals surface area contributed by atoms with Crippen molar-refractivity contribution in [2.45, 2.75) is 90.9 Å². The van der Waals surface area contributed by atoms with Crippen LogP contribution < -0.4 is 0 Å². The first kappa shape index (κ1) is 32.0. The van der Waals surface area contributed by atoms with Crippen LogP contribution in [-0.2, 0) is 24.0 Å². The van der Waals surface area contributed by atoms with Crippen molar-refractivity contribution in [2.24, 2.45) is 0 Å². The van der Waals surface area contributed by atoms with E-state index in [9.17, 15) is 14.4 Å². The van der Waals surface area contributed by atoms with Crippen LogP contribution in [0.2, 0.25) is 0 Å². The second kappa shape index (κ2) is 28.5. The van der Waals surface area contributed by atoms with Crippen LogP contribution in [-0.4, -0.2) is 58.3 Å². The summed E-state index contributed by atoms with van der Waals surface area (Å²) in [6, 6.07) is 0. The lowest BCUT2D eigenvalue weighted by Gasteiger charge is -2.02. The molecular formula is C20H40O9. The molecule has 0 rings (SSSR count). The summed E-state index contributed by atoms with van der Waals surface area (Å²) in [5.74, 6) is -1.97. The molecule has 29 heavy (non-hydrogen) atoms. The number of aliphatic hydroxyl groups excluding tert-OH is 1. The van der Waals surface area contributed by atoms with Crippen molar-refractivity contribution in [1.29, 1.82) is 0 Å². The molecule has 0 atom stereocenters. The van der Waals surface area contributed by atoms with Gasteiger partial charge < -0.3 is 20.1 Å². The molecule has 0 aliphatic heterocycles. The van der Waals surface area contributed by atoms with Gasteiger partial charge in [0.2, 0.25) is 0 Å². The molecule has 0 spiro atoms. The molecule has 0 heterocycles. The minimum Gasteiger partial charge on any atom is -0.481 e. The lowest BCUT2D eigenvalue weighted by Crippen LogP contribution is -2.06. The minimum absolute atomic E-state index is 0.0318. The normalized spacial score (nSPS) is 9.52. The Bertz CT molecular complexity index is 369. The molecule has 0 saturated heterocycles. The third-order valence-electron chi connectivity index (χ3n) is 3.42. The predicted octanol–water partition coefficient (Wildman–Crippen LogP) is 3.87. The van der Waals surface area contributed by atoms with Crippen LogP contribution in [0.25, 0.3) is 0 Å². The Labute approximate surface area is 174 Å². The molecule has 0 saturated carbocycles. The fourth-order valence-corrected chi connectivity index (χ4v) is 1.80. The first-order chi connectivity index (χ1) is 13.8. The number of hydrogen-bond donors (Lipinski definition) is 4. The van der Waals surface area contributed by atoms with Gasteiger partial charge in [0.1, 0.15) is 0 Å². The van der Waals surface area contributed by atoms with E-state index >= 15 is 0 Å². The molecule has 0 radical (unpaired) electrons. The van der Waals surface area contributed by atoms with E-state index in [1.807, 2.05) is 0 Å². The number of unbranched alkanes of at least 4 members (excludes halogenated alkanes) is 5. The Balaban J connectivity index is -0.000000386. The summed E-state index contributed by atoms with van der Waals surface area (Å²) in [4.78, 5) is 34.7. The van der Waals surface area contributed by atoms with Crippen molar-refractivity contribution < 1.29 is 44.6 Å². The summed E-state index contributed by atoms with van der Waals surface area (Å²) in [5.41, 5.74) is 0. The number of carboxylic acids is 2. The molecule has 0 aliphatic rings. The summed E-state index contributed by atoms with van der Waals surface area (Å²) in [6.45, 7) is 5.23. The number of hydrogen-bond acceptors (Lipinski definition) is 7. The van der Waals surface area contributed by atoms with Crippen molar-refractivity contribution in [3.8, 4) is 0 Å². The molecule has 0 aromatic carbocycles. The van der Waals surface area contributed by atoms with Gasteiger partial charge in [-0.25, -0.2) is 4.89 Å². The molecule has 9 heteroatoms. The van der Waals surface area contributed by atoms with Crippen molar-refractivity contribution in [1.82, 2.24) is 0 Å². The Morgan fingerprint density at radius 3 is 1.66 bits per heavy atom. The maximum Gasteiger partial charge on any atom is 0.305 e. The van der Waals surface area contributed by atoms with Gasteiger partial charge in [0, 0.05) is 25.9 Å². The maximum absolute atomic E-state index is 11.0. The molecule has 0 bridgehead atoms. The molecule has 0 aromatic heterocycles. The number of carboxylic acid groups (broad SMARTS) is 2. The van der Waals surface area contributed by atoms with Crippen LogP contribution in [0.5, 0.6) is 0 Å². The average Bonchev–Trinajstić information content (AvgIpc) is 2.67. The Hall–Kier alpha value is -1.71. The number of esters is 1. The predicted molar refractivity (Wildman–Crippen MR) is 109 cm³/mol. The minimum atomic E-state index is -0.871. The van der Waals surface area contributed by atoms with E-state index in [2.05, 4.69) is 18.7 Å². The van der Waals surface area contributed by atoms with Crippen LogP contribution in [0.4, 0.5) is 0 Å². The quantitative estimate of drug-likeness (QED) is 0.125. The third-order valence-corrected chi connectivity index (χ3v) is 3.42. The molecule has 0 aliphatic carbocycles. The van der Waals surface area contributed by atoms with Crippen LogP contribution in [0.3, 0.4) is 0 Å². The van der Waals surface area contributed by atoms with Gasteiger partial charge in [-0.3, -0.25) is 19.6 Å². The van der Waals surface area contributed by atoms with Gasteiger partial charge in [0.05, 0.1) is 13.2 Å². The summed E-state index contributed by atoms with van der Waals surface area (Å²) in [7, 11) is 0. The zero-order valence-electron chi connectivity index (χ0n) is 17.9. The highest BCUT2D eigenvalue weighted by molar-refractivity contribution is 5.71. The van der Waals surface area contributed by atoms with Gasteiger partial charge in [-0.1, -0.05) is 39.5 Å². The van der Waals surface area contributed by atoms with Crippen molar-refractivity contribution >= 4 is 17.9 Å². The molecule has 0 fully saturated rings. The van der Waals surface area contributed by atoms with E-state index < -0.39 is 11.9 Å². The van der Waals surface area contributed by atoms with Crippen molar-refractivity contribution in [3.63, 3.8) is 0 Å². The van der Waals surface area contributed by atoms with E-state index in [0.717, 1.165) is 32.1 Å². The van der Waals surface area contributed by atoms with E-state index in [-0.39, 0.29) is 31.8 Å². The topological polar surface area (TPSA) is 151 Å². The number of carbonyl (C=O) groups excluding carboxylic acids is 1. The van der Waals surface area contributed by atoms with Gasteiger partial charge in [0.15, 0.2) is 0 Å². The van der Waals surface area contributed by atoms with Crippen molar-refractivity contribution in [3.05, 3.63) is 0 Å². The highest BCUT2D eigenvalue weighted by Gasteiger charge is 2.04. The number of aliphatic hydroxyl groups is 1. The lowest BCUT2D eigenvalue weighted by atomic mass is 10.2. The third kappa shape index (κ3) is 41.7. The molecule has 0 unspecified atom stereocenters. The van der Waals surface area contributed by atoms with Crippen molar-refractivity contribution in [2.75, 3.05) is 19.8 Å². The molecule has 0 aromatic rings. The lowest BCUT2D eigenvalue weighted by molar-refractivity contribution is -0.242. The van der Waals surface area contributed by atoms with Crippen LogP contribution >= 0.6 is 0 Å². The summed E-state index contributed by atoms with van der Waals surface area (Å²) >= 11 is 0. The summed E-state index contributed by atoms with van der Waals surface area (Å²) in [6.07, 6.45) is 8.25. The second-order valence-electron chi connectivity index (χ2n) is 6.29. The smallest absolute Gasteiger partial charge is 0.305 e. The average molecular weight is 425 g/mol. The highest BCUT2D eigenvalue weighted by atomic mass is 17.1. The first-order valence-electron chi connectivity index (χ1n) is 10.3. The van der Waals surface area contributed by atoms with Crippen LogP contribution in [0.15, 0.2) is 0 Å². The highest BCUT2D eigenvalue weighted by Crippen LogP contribution is 2.00. The monoisotopic (exact) mass is 424 g/mol. The largest absolute Gasteiger partial charge is 0.481 e. The van der Waals surface area contributed by atoms with Gasteiger partial charge >= 0.3 is 17.9 Å². The van der Waals surface area contributed by atoms with Gasteiger partial charge in [-0.2, -0.15) is 0 Å². The number of rotatable bonds is 16. The standard InChI is InChI=1S/C10H18O4.C5H10O4.C5H12O/c1-2-3-4-8-14-10(13)7-5-6-9(11)12;6-5(7)3-1-2-4-9-8;1-2-3-4-5-6/h2-8H2,1H3,(H,11,12);8H,1-4H2,(H,6,7);6H,2-5H2,1H3. The number of ether oxygens (including phenoxy) is 1. The molecule has 0 amide bonds. The van der Waals surface area contributed by atoms with E-state index in [4.69, 9.17) is 25.3 Å². The van der Waals surface area contributed by atoms with Gasteiger partial charge in [0.25, 0.3) is 0 Å². The zero-order chi connectivity index (χ0) is 22.8. The van der Waals surface area contributed by atoms with Gasteiger partial charge in [-0.15, -0.1) is 0 Å². The Morgan fingerprint density at radius 1 is 0.690 bits per heavy atom. The SMILES string of the molecule is CCCCCO.CCCCCOC(=O)CCCC(=O)O.O=C(O)CCCCOO. The fourth-order valence-electron chi connectivity index (χ4n) is 1.80. The van der Waals surface area contributed by atoms with Gasteiger partial charge in [-0.05, 0) is 32.1 Å². The Kier molecular flexibility index (Phi) is 31.4. The second-order valence-corrected chi connectivity index (χ2v) is 6.29. The molecule has 174 valence electrons. The first-order valence-corrected chi connectivity index (χ1v) is 10.3.